The van der Waals surface area contributed by atoms with Crippen molar-refractivity contribution in [1.29, 1.82) is 0 Å². The van der Waals surface area contributed by atoms with E-state index >= 15 is 0 Å². The molecule has 1 aromatic carbocycles. The van der Waals surface area contributed by atoms with Crippen molar-refractivity contribution in [3.8, 4) is 11.5 Å². The third-order valence-electron chi connectivity index (χ3n) is 3.89. The molecule has 19 heavy (non-hydrogen) atoms. The monoisotopic (exact) mass is 264 g/mol. The van der Waals surface area contributed by atoms with E-state index in [0.717, 1.165) is 24.6 Å². The lowest BCUT2D eigenvalue weighted by Gasteiger charge is -2.31. The van der Waals surface area contributed by atoms with Crippen molar-refractivity contribution in [2.45, 2.75) is 18.9 Å². The maximum absolute atomic E-state index is 5.52. The molecule has 0 bridgehead atoms. The van der Waals surface area contributed by atoms with Crippen molar-refractivity contribution < 1.29 is 9.47 Å². The summed E-state index contributed by atoms with van der Waals surface area (Å²) in [5.41, 5.74) is 1.21. The highest BCUT2D eigenvalue weighted by Crippen LogP contribution is 2.35. The number of benzene rings is 1. The Morgan fingerprint density at radius 2 is 2.16 bits per heavy atom. The summed E-state index contributed by atoms with van der Waals surface area (Å²) < 4.78 is 10.8. The van der Waals surface area contributed by atoms with Crippen LogP contribution in [0.4, 0.5) is 0 Å². The fourth-order valence-electron chi connectivity index (χ4n) is 2.88. The van der Waals surface area contributed by atoms with Crippen LogP contribution in [0.25, 0.3) is 0 Å². The average molecular weight is 264 g/mol. The average Bonchev–Trinajstić information content (AvgIpc) is 2.49. The van der Waals surface area contributed by atoms with Crippen LogP contribution in [-0.4, -0.2) is 34.4 Å². The molecule has 0 aliphatic carbocycles. The highest BCUT2D eigenvalue weighted by Gasteiger charge is 2.26. The summed E-state index contributed by atoms with van der Waals surface area (Å²) in [5, 5.41) is 6.91. The molecule has 0 spiro atoms. The third-order valence-corrected chi connectivity index (χ3v) is 3.89. The Kier molecular flexibility index (Phi) is 5.05. The van der Waals surface area contributed by atoms with Gasteiger partial charge in [0.2, 0.25) is 0 Å². The normalized spacial score (nSPS) is 20.9. The summed E-state index contributed by atoms with van der Waals surface area (Å²) in [6.07, 6.45) is 2.48. The second-order valence-electron chi connectivity index (χ2n) is 4.98. The zero-order chi connectivity index (χ0) is 13.7. The number of ether oxygens (including phenoxy) is 2. The molecule has 2 rings (SSSR count). The summed E-state index contributed by atoms with van der Waals surface area (Å²) in [7, 11) is 5.40. The summed E-state index contributed by atoms with van der Waals surface area (Å²) >= 11 is 0. The number of hydrogen-bond donors (Lipinski definition) is 2. The molecule has 0 radical (unpaired) electrons. The number of methoxy groups -OCH3 is 2. The van der Waals surface area contributed by atoms with Crippen LogP contribution in [0.3, 0.4) is 0 Å². The van der Waals surface area contributed by atoms with Gasteiger partial charge < -0.3 is 20.1 Å². The zero-order valence-electron chi connectivity index (χ0n) is 12.0. The maximum Gasteiger partial charge on any atom is 0.127 e. The Bertz CT molecular complexity index is 403. The lowest BCUT2D eigenvalue weighted by molar-refractivity contribution is 0.290. The topological polar surface area (TPSA) is 42.5 Å². The first-order valence-electron chi connectivity index (χ1n) is 6.90. The van der Waals surface area contributed by atoms with Crippen LogP contribution in [0.1, 0.15) is 24.4 Å². The molecule has 1 heterocycles. The molecule has 4 heteroatoms. The standard InChI is InChI=1S/C15H24N2O2/c1-16-15(11-5-4-8-17-10-11)13-7-6-12(18-2)9-14(13)19-3/h6-7,9,11,15-17H,4-5,8,10H2,1-3H3. The van der Waals surface area contributed by atoms with Gasteiger partial charge in [0.15, 0.2) is 0 Å². The van der Waals surface area contributed by atoms with E-state index < -0.39 is 0 Å². The lowest BCUT2D eigenvalue weighted by Crippen LogP contribution is -2.37. The third kappa shape index (κ3) is 3.19. The van der Waals surface area contributed by atoms with Crippen LogP contribution < -0.4 is 20.1 Å². The first-order valence-corrected chi connectivity index (χ1v) is 6.90. The van der Waals surface area contributed by atoms with Gasteiger partial charge in [0.25, 0.3) is 0 Å². The van der Waals surface area contributed by atoms with Gasteiger partial charge in [0.05, 0.1) is 14.2 Å². The molecule has 1 fully saturated rings. The molecule has 1 aromatic rings. The quantitative estimate of drug-likeness (QED) is 0.853. The molecule has 0 saturated carbocycles. The number of nitrogens with one attached hydrogen (secondary N) is 2. The Morgan fingerprint density at radius 1 is 1.32 bits per heavy atom. The van der Waals surface area contributed by atoms with E-state index in [4.69, 9.17) is 9.47 Å². The van der Waals surface area contributed by atoms with Gasteiger partial charge in [-0.25, -0.2) is 0 Å². The smallest absolute Gasteiger partial charge is 0.127 e. The minimum atomic E-state index is 0.314. The highest BCUT2D eigenvalue weighted by atomic mass is 16.5. The molecule has 2 N–H and O–H groups in total. The minimum Gasteiger partial charge on any atom is -0.497 e. The second kappa shape index (κ2) is 6.78. The molecule has 1 aliphatic rings. The van der Waals surface area contributed by atoms with Crippen LogP contribution in [0.2, 0.25) is 0 Å². The molecule has 106 valence electrons. The Morgan fingerprint density at radius 3 is 2.74 bits per heavy atom. The van der Waals surface area contributed by atoms with Gasteiger partial charge >= 0.3 is 0 Å². The van der Waals surface area contributed by atoms with Crippen molar-refractivity contribution in [3.63, 3.8) is 0 Å². The van der Waals surface area contributed by atoms with Crippen molar-refractivity contribution in [2.75, 3.05) is 34.4 Å². The number of hydrogen-bond acceptors (Lipinski definition) is 4. The number of piperidine rings is 1. The SMILES string of the molecule is CNC(c1ccc(OC)cc1OC)C1CCCNC1. The Balaban J connectivity index is 2.26. The molecular weight excluding hydrogens is 240 g/mol. The molecule has 0 aromatic heterocycles. The molecule has 1 aliphatic heterocycles. The van der Waals surface area contributed by atoms with E-state index in [9.17, 15) is 0 Å². The minimum absolute atomic E-state index is 0.314. The summed E-state index contributed by atoms with van der Waals surface area (Å²) in [4.78, 5) is 0. The molecule has 2 atom stereocenters. The van der Waals surface area contributed by atoms with E-state index in [0.29, 0.717) is 12.0 Å². The van der Waals surface area contributed by atoms with Gasteiger partial charge in [0.1, 0.15) is 11.5 Å². The first kappa shape index (κ1) is 14.2. The summed E-state index contributed by atoms with van der Waals surface area (Å²) in [6.45, 7) is 2.19. The Hall–Kier alpha value is -1.26. The van der Waals surface area contributed by atoms with E-state index in [1.807, 2.05) is 19.2 Å². The zero-order valence-corrected chi connectivity index (χ0v) is 12.0. The van der Waals surface area contributed by atoms with E-state index in [-0.39, 0.29) is 0 Å². The van der Waals surface area contributed by atoms with E-state index in [1.165, 1.54) is 18.4 Å². The molecular formula is C15H24N2O2. The number of rotatable bonds is 5. The predicted molar refractivity (Wildman–Crippen MR) is 76.9 cm³/mol. The fraction of sp³-hybridized carbons (Fsp3) is 0.600. The highest BCUT2D eigenvalue weighted by molar-refractivity contribution is 5.42. The molecule has 2 unspecified atom stereocenters. The fourth-order valence-corrected chi connectivity index (χ4v) is 2.88. The van der Waals surface area contributed by atoms with Crippen LogP contribution >= 0.6 is 0 Å². The van der Waals surface area contributed by atoms with Crippen LogP contribution in [-0.2, 0) is 0 Å². The van der Waals surface area contributed by atoms with Gasteiger partial charge in [-0.3, -0.25) is 0 Å². The van der Waals surface area contributed by atoms with Crippen molar-refractivity contribution in [3.05, 3.63) is 23.8 Å². The van der Waals surface area contributed by atoms with Crippen LogP contribution in [0, 0.1) is 5.92 Å². The molecule has 4 nitrogen and oxygen atoms in total. The van der Waals surface area contributed by atoms with Gasteiger partial charge in [-0.1, -0.05) is 6.07 Å². The van der Waals surface area contributed by atoms with Crippen molar-refractivity contribution in [1.82, 2.24) is 10.6 Å². The maximum atomic E-state index is 5.52. The second-order valence-corrected chi connectivity index (χ2v) is 4.98. The summed E-state index contributed by atoms with van der Waals surface area (Å²) in [5.74, 6) is 2.32. The molecule has 1 saturated heterocycles. The van der Waals surface area contributed by atoms with Crippen LogP contribution in [0.5, 0.6) is 11.5 Å². The summed E-state index contributed by atoms with van der Waals surface area (Å²) in [6, 6.07) is 6.37. The first-order chi connectivity index (χ1) is 9.30. The van der Waals surface area contributed by atoms with Crippen molar-refractivity contribution in [2.24, 2.45) is 5.92 Å². The van der Waals surface area contributed by atoms with Gasteiger partial charge in [-0.2, -0.15) is 0 Å². The van der Waals surface area contributed by atoms with Gasteiger partial charge in [-0.15, -0.1) is 0 Å². The molecule has 0 amide bonds. The predicted octanol–water partition coefficient (Wildman–Crippen LogP) is 1.96. The van der Waals surface area contributed by atoms with Gasteiger partial charge in [0, 0.05) is 17.7 Å². The van der Waals surface area contributed by atoms with Gasteiger partial charge in [-0.05, 0) is 45.0 Å². The lowest BCUT2D eigenvalue weighted by atomic mass is 9.87. The van der Waals surface area contributed by atoms with E-state index in [1.54, 1.807) is 14.2 Å². The Labute approximate surface area is 115 Å². The van der Waals surface area contributed by atoms with Crippen LogP contribution in [0.15, 0.2) is 18.2 Å². The van der Waals surface area contributed by atoms with Crippen molar-refractivity contribution >= 4 is 0 Å². The largest absolute Gasteiger partial charge is 0.497 e. The van der Waals surface area contributed by atoms with E-state index in [2.05, 4.69) is 16.7 Å².